The van der Waals surface area contributed by atoms with Gasteiger partial charge in [0.05, 0.1) is 0 Å². The Morgan fingerprint density at radius 1 is 0.833 bits per heavy atom. The molecule has 0 atom stereocenters. The van der Waals surface area contributed by atoms with Crippen LogP contribution in [0.4, 0.5) is 0 Å². The lowest BCUT2D eigenvalue weighted by molar-refractivity contribution is 0.351. The molecule has 0 aliphatic carbocycles. The summed E-state index contributed by atoms with van der Waals surface area (Å²) < 4.78 is 5.70. The summed E-state index contributed by atoms with van der Waals surface area (Å²) in [6, 6.07) is 18.4. The first-order valence-electron chi connectivity index (χ1n) is 6.07. The van der Waals surface area contributed by atoms with E-state index < -0.39 is 0 Å². The second kappa shape index (κ2) is 4.92. The molecular formula is C17H14O. The van der Waals surface area contributed by atoms with Crippen LogP contribution in [0.15, 0.2) is 66.2 Å². The summed E-state index contributed by atoms with van der Waals surface area (Å²) in [4.78, 5) is 0. The molecule has 0 N–H and O–H groups in total. The minimum atomic E-state index is 0.639. The molecule has 0 unspecified atom stereocenters. The van der Waals surface area contributed by atoms with Crippen molar-refractivity contribution in [2.24, 2.45) is 0 Å². The first-order valence-corrected chi connectivity index (χ1v) is 6.07. The number of ether oxygens (including phenoxy) is 1. The fraction of sp³-hybridized carbons (Fsp3) is 0.0588. The van der Waals surface area contributed by atoms with Gasteiger partial charge in [-0.25, -0.2) is 0 Å². The van der Waals surface area contributed by atoms with Gasteiger partial charge in [-0.05, 0) is 23.3 Å². The van der Waals surface area contributed by atoms with Crippen molar-refractivity contribution in [3.8, 4) is 5.75 Å². The predicted molar refractivity (Wildman–Crippen MR) is 75.4 cm³/mol. The minimum absolute atomic E-state index is 0.639. The summed E-state index contributed by atoms with van der Waals surface area (Å²) in [5, 5.41) is 0. The van der Waals surface area contributed by atoms with Crippen molar-refractivity contribution in [3.05, 3.63) is 77.4 Å². The number of fused-ring (bicyclic) bond motifs is 1. The molecule has 0 radical (unpaired) electrons. The summed E-state index contributed by atoms with van der Waals surface area (Å²) >= 11 is 0. The van der Waals surface area contributed by atoms with E-state index in [0.717, 1.165) is 11.3 Å². The zero-order valence-electron chi connectivity index (χ0n) is 10.0. The smallest absolute Gasteiger partial charge is 0.127 e. The fourth-order valence-electron chi connectivity index (χ4n) is 2.00. The molecule has 2 aromatic carbocycles. The summed E-state index contributed by atoms with van der Waals surface area (Å²) in [6.07, 6.45) is 6.41. The number of hydrogen-bond acceptors (Lipinski definition) is 1. The van der Waals surface area contributed by atoms with E-state index >= 15 is 0 Å². The van der Waals surface area contributed by atoms with Crippen molar-refractivity contribution in [2.45, 2.75) is 0 Å². The van der Waals surface area contributed by atoms with Crippen molar-refractivity contribution >= 4 is 12.2 Å². The quantitative estimate of drug-likeness (QED) is 0.757. The Morgan fingerprint density at radius 3 is 2.50 bits per heavy atom. The fourth-order valence-corrected chi connectivity index (χ4v) is 2.00. The van der Waals surface area contributed by atoms with E-state index in [1.165, 1.54) is 11.1 Å². The Kier molecular flexibility index (Phi) is 2.97. The summed E-state index contributed by atoms with van der Waals surface area (Å²) in [6.45, 7) is 0.639. The van der Waals surface area contributed by atoms with Crippen LogP contribution < -0.4 is 4.74 Å². The van der Waals surface area contributed by atoms with E-state index in [0.29, 0.717) is 6.61 Å². The van der Waals surface area contributed by atoms with Crippen LogP contribution in [0.2, 0.25) is 0 Å². The molecule has 0 saturated carbocycles. The van der Waals surface area contributed by atoms with Gasteiger partial charge in [-0.2, -0.15) is 0 Å². The highest BCUT2D eigenvalue weighted by Crippen LogP contribution is 2.26. The largest absolute Gasteiger partial charge is 0.488 e. The van der Waals surface area contributed by atoms with E-state index in [1.54, 1.807) is 0 Å². The van der Waals surface area contributed by atoms with E-state index in [2.05, 4.69) is 36.4 Å². The molecule has 0 bridgehead atoms. The number of rotatable bonds is 2. The van der Waals surface area contributed by atoms with Crippen molar-refractivity contribution in [1.82, 2.24) is 0 Å². The van der Waals surface area contributed by atoms with E-state index in [-0.39, 0.29) is 0 Å². The maximum absolute atomic E-state index is 5.70. The Hall–Kier alpha value is -2.28. The van der Waals surface area contributed by atoms with Gasteiger partial charge in [0.15, 0.2) is 0 Å². The standard InChI is InChI=1S/C17H14O/c1-2-6-14(7-3-1)10-11-15-12-16-8-4-5-9-17(16)18-13-15/h1-12H,13H2/b11-10+. The van der Waals surface area contributed by atoms with Crippen molar-refractivity contribution in [1.29, 1.82) is 0 Å². The molecule has 3 rings (SSSR count). The third-order valence-electron chi connectivity index (χ3n) is 2.94. The topological polar surface area (TPSA) is 9.23 Å². The minimum Gasteiger partial charge on any atom is -0.488 e. The second-order valence-electron chi connectivity index (χ2n) is 4.29. The Balaban J connectivity index is 1.83. The second-order valence-corrected chi connectivity index (χ2v) is 4.29. The van der Waals surface area contributed by atoms with Crippen LogP contribution in [0.5, 0.6) is 5.75 Å². The van der Waals surface area contributed by atoms with E-state index in [4.69, 9.17) is 4.74 Å². The van der Waals surface area contributed by atoms with Crippen LogP contribution in [-0.2, 0) is 0 Å². The van der Waals surface area contributed by atoms with E-state index in [9.17, 15) is 0 Å². The molecule has 0 amide bonds. The van der Waals surface area contributed by atoms with Gasteiger partial charge in [0.25, 0.3) is 0 Å². The molecule has 2 aromatic rings. The molecule has 1 nitrogen and oxygen atoms in total. The van der Waals surface area contributed by atoms with Gasteiger partial charge < -0.3 is 4.74 Å². The molecule has 0 fully saturated rings. The van der Waals surface area contributed by atoms with Crippen LogP contribution in [0, 0.1) is 0 Å². The lowest BCUT2D eigenvalue weighted by atomic mass is 10.1. The summed E-state index contributed by atoms with van der Waals surface area (Å²) in [7, 11) is 0. The third kappa shape index (κ3) is 2.35. The van der Waals surface area contributed by atoms with Crippen LogP contribution in [0.3, 0.4) is 0 Å². The van der Waals surface area contributed by atoms with Gasteiger partial charge in [-0.1, -0.05) is 60.7 Å². The maximum atomic E-state index is 5.70. The van der Waals surface area contributed by atoms with Crippen molar-refractivity contribution in [3.63, 3.8) is 0 Å². The van der Waals surface area contributed by atoms with Gasteiger partial charge in [-0.3, -0.25) is 0 Å². The Labute approximate surface area is 107 Å². The molecule has 1 aliphatic rings. The first kappa shape index (κ1) is 10.8. The number of hydrogen-bond donors (Lipinski definition) is 0. The van der Waals surface area contributed by atoms with Gasteiger partial charge in [0.1, 0.15) is 12.4 Å². The van der Waals surface area contributed by atoms with Crippen LogP contribution in [0.25, 0.3) is 12.2 Å². The molecule has 1 heterocycles. The Bertz CT molecular complexity index is 594. The molecule has 0 saturated heterocycles. The van der Waals surface area contributed by atoms with Crippen molar-refractivity contribution in [2.75, 3.05) is 6.61 Å². The normalized spacial score (nSPS) is 13.9. The van der Waals surface area contributed by atoms with Crippen LogP contribution in [-0.4, -0.2) is 6.61 Å². The molecule has 88 valence electrons. The zero-order valence-corrected chi connectivity index (χ0v) is 10.0. The van der Waals surface area contributed by atoms with E-state index in [1.807, 2.05) is 36.4 Å². The molecule has 1 aliphatic heterocycles. The number of benzene rings is 2. The SMILES string of the molecule is C1=C(/C=C/c2ccccc2)COc2ccccc21. The van der Waals surface area contributed by atoms with Gasteiger partial charge in [0.2, 0.25) is 0 Å². The highest BCUT2D eigenvalue weighted by molar-refractivity contribution is 5.67. The number of para-hydroxylation sites is 1. The Morgan fingerprint density at radius 2 is 1.61 bits per heavy atom. The predicted octanol–water partition coefficient (Wildman–Crippen LogP) is 4.18. The summed E-state index contributed by atoms with van der Waals surface area (Å²) in [5.41, 5.74) is 3.55. The molecule has 0 spiro atoms. The molecule has 1 heteroatoms. The van der Waals surface area contributed by atoms with Gasteiger partial charge >= 0.3 is 0 Å². The average Bonchev–Trinajstić information content (AvgIpc) is 2.46. The molecular weight excluding hydrogens is 220 g/mol. The maximum Gasteiger partial charge on any atom is 0.127 e. The van der Waals surface area contributed by atoms with Crippen LogP contribution in [0.1, 0.15) is 11.1 Å². The summed E-state index contributed by atoms with van der Waals surface area (Å²) in [5.74, 6) is 0.967. The zero-order chi connectivity index (χ0) is 12.2. The highest BCUT2D eigenvalue weighted by atomic mass is 16.5. The highest BCUT2D eigenvalue weighted by Gasteiger charge is 2.07. The van der Waals surface area contributed by atoms with Crippen molar-refractivity contribution < 1.29 is 4.74 Å². The lowest BCUT2D eigenvalue weighted by Gasteiger charge is -2.15. The van der Waals surface area contributed by atoms with Gasteiger partial charge in [-0.15, -0.1) is 0 Å². The third-order valence-corrected chi connectivity index (χ3v) is 2.94. The van der Waals surface area contributed by atoms with Crippen LogP contribution >= 0.6 is 0 Å². The molecule has 0 aromatic heterocycles. The monoisotopic (exact) mass is 234 g/mol. The molecule has 18 heavy (non-hydrogen) atoms. The lowest BCUT2D eigenvalue weighted by Crippen LogP contribution is -2.05. The average molecular weight is 234 g/mol. The first-order chi connectivity index (χ1) is 8.92. The van der Waals surface area contributed by atoms with Gasteiger partial charge in [0, 0.05) is 5.56 Å².